The summed E-state index contributed by atoms with van der Waals surface area (Å²) in [5, 5.41) is 0. The highest BCUT2D eigenvalue weighted by molar-refractivity contribution is 6.17. The summed E-state index contributed by atoms with van der Waals surface area (Å²) in [5.41, 5.74) is 1.88. The highest BCUT2D eigenvalue weighted by Gasteiger charge is 2.21. The lowest BCUT2D eigenvalue weighted by Gasteiger charge is -2.34. The molecule has 0 aliphatic carbocycles. The van der Waals surface area contributed by atoms with Crippen molar-refractivity contribution in [3.8, 4) is 0 Å². The Balaban J connectivity index is 2.20. The molecule has 1 aromatic rings. The summed E-state index contributed by atoms with van der Waals surface area (Å²) in [7, 11) is 1.74. The summed E-state index contributed by atoms with van der Waals surface area (Å²) in [6, 6.07) is 4.81. The molecule has 4 heteroatoms. The molecule has 1 aliphatic rings. The molecule has 0 radical (unpaired) electrons. The minimum absolute atomic E-state index is 0.232. The number of methoxy groups -OCH3 is 1. The van der Waals surface area contributed by atoms with E-state index in [1.54, 1.807) is 7.11 Å². The highest BCUT2D eigenvalue weighted by atomic mass is 35.5. The third-order valence-electron chi connectivity index (χ3n) is 3.24. The van der Waals surface area contributed by atoms with Gasteiger partial charge in [-0.2, -0.15) is 0 Å². The van der Waals surface area contributed by atoms with Gasteiger partial charge in [0.1, 0.15) is 5.82 Å². The van der Waals surface area contributed by atoms with E-state index in [0.717, 1.165) is 37.2 Å². The van der Waals surface area contributed by atoms with Crippen molar-refractivity contribution in [3.63, 3.8) is 0 Å². The van der Waals surface area contributed by atoms with Crippen LogP contribution >= 0.6 is 11.6 Å². The van der Waals surface area contributed by atoms with E-state index in [4.69, 9.17) is 16.3 Å². The summed E-state index contributed by atoms with van der Waals surface area (Å²) in [6.07, 6.45) is 2.44. The fourth-order valence-corrected chi connectivity index (χ4v) is 2.53. The average Bonchev–Trinajstić information content (AvgIpc) is 2.38. The minimum Gasteiger partial charge on any atom is -0.380 e. The fraction of sp³-hybridized carbons (Fsp3) is 0.538. The second-order valence-corrected chi connectivity index (χ2v) is 4.62. The first-order chi connectivity index (χ1) is 8.24. The van der Waals surface area contributed by atoms with E-state index in [2.05, 4.69) is 4.90 Å². The van der Waals surface area contributed by atoms with Gasteiger partial charge in [0.2, 0.25) is 0 Å². The molecule has 0 amide bonds. The predicted octanol–water partition coefficient (Wildman–Crippen LogP) is 3.18. The lowest BCUT2D eigenvalue weighted by atomic mass is 10.1. The van der Waals surface area contributed by atoms with Crippen LogP contribution in [0, 0.1) is 5.82 Å². The number of hydrogen-bond donors (Lipinski definition) is 0. The number of anilines is 1. The molecular formula is C13H17ClFNO. The van der Waals surface area contributed by atoms with Crippen molar-refractivity contribution in [3.05, 3.63) is 29.6 Å². The highest BCUT2D eigenvalue weighted by Crippen LogP contribution is 2.26. The third kappa shape index (κ3) is 2.90. The zero-order valence-electron chi connectivity index (χ0n) is 9.96. The topological polar surface area (TPSA) is 12.5 Å². The quantitative estimate of drug-likeness (QED) is 0.771. The van der Waals surface area contributed by atoms with Crippen molar-refractivity contribution in [1.29, 1.82) is 0 Å². The van der Waals surface area contributed by atoms with Crippen molar-refractivity contribution in [2.24, 2.45) is 0 Å². The first kappa shape index (κ1) is 12.7. The summed E-state index contributed by atoms with van der Waals surface area (Å²) in [4.78, 5) is 2.23. The molecule has 1 fully saturated rings. The zero-order chi connectivity index (χ0) is 12.3. The molecule has 1 aromatic carbocycles. The third-order valence-corrected chi connectivity index (χ3v) is 3.53. The molecule has 1 heterocycles. The van der Waals surface area contributed by atoms with Gasteiger partial charge in [0.25, 0.3) is 0 Å². The smallest absolute Gasteiger partial charge is 0.123 e. The Morgan fingerprint density at radius 1 is 1.53 bits per heavy atom. The number of piperidine rings is 1. The molecule has 0 aromatic heterocycles. The molecule has 17 heavy (non-hydrogen) atoms. The van der Waals surface area contributed by atoms with E-state index in [0.29, 0.717) is 5.88 Å². The Kier molecular flexibility index (Phi) is 4.24. The molecule has 94 valence electrons. The number of benzene rings is 1. The maximum Gasteiger partial charge on any atom is 0.123 e. The Bertz CT molecular complexity index is 386. The first-order valence-electron chi connectivity index (χ1n) is 5.86. The Morgan fingerprint density at radius 2 is 2.35 bits per heavy atom. The van der Waals surface area contributed by atoms with Crippen LogP contribution < -0.4 is 4.90 Å². The maximum atomic E-state index is 13.1. The fourth-order valence-electron chi connectivity index (χ4n) is 2.32. The van der Waals surface area contributed by atoms with Crippen molar-refractivity contribution >= 4 is 17.3 Å². The van der Waals surface area contributed by atoms with E-state index >= 15 is 0 Å². The standard InChI is InChI=1S/C13H17ClFNO/c1-17-12-3-2-6-16(9-12)13-5-4-11(15)7-10(13)8-14/h4-5,7,12H,2-3,6,8-9H2,1H3. The van der Waals surface area contributed by atoms with Crippen LogP contribution in [-0.2, 0) is 10.6 Å². The number of rotatable bonds is 3. The van der Waals surface area contributed by atoms with Crippen molar-refractivity contribution < 1.29 is 9.13 Å². The van der Waals surface area contributed by atoms with Crippen LogP contribution in [0.25, 0.3) is 0 Å². The van der Waals surface area contributed by atoms with Crippen LogP contribution in [-0.4, -0.2) is 26.3 Å². The molecule has 1 unspecified atom stereocenters. The van der Waals surface area contributed by atoms with Gasteiger partial charge >= 0.3 is 0 Å². The molecule has 2 rings (SSSR count). The lowest BCUT2D eigenvalue weighted by Crippen LogP contribution is -2.39. The second-order valence-electron chi connectivity index (χ2n) is 4.35. The Labute approximate surface area is 106 Å². The van der Waals surface area contributed by atoms with E-state index in [9.17, 15) is 4.39 Å². The molecule has 2 nitrogen and oxygen atoms in total. The van der Waals surface area contributed by atoms with Gasteiger partial charge in [-0.15, -0.1) is 11.6 Å². The average molecular weight is 258 g/mol. The van der Waals surface area contributed by atoms with Crippen LogP contribution in [0.4, 0.5) is 10.1 Å². The lowest BCUT2D eigenvalue weighted by molar-refractivity contribution is 0.0893. The normalized spacial score (nSPS) is 20.6. The van der Waals surface area contributed by atoms with Gasteiger partial charge in [0.05, 0.1) is 6.10 Å². The molecule has 0 bridgehead atoms. The summed E-state index contributed by atoms with van der Waals surface area (Å²) in [5.74, 6) is 0.103. The molecule has 1 saturated heterocycles. The number of ether oxygens (including phenoxy) is 1. The van der Waals surface area contributed by atoms with Crippen LogP contribution in [0.1, 0.15) is 18.4 Å². The second kappa shape index (κ2) is 5.69. The number of nitrogens with zero attached hydrogens (tertiary/aromatic N) is 1. The first-order valence-corrected chi connectivity index (χ1v) is 6.40. The van der Waals surface area contributed by atoms with Gasteiger partial charge < -0.3 is 9.64 Å². The van der Waals surface area contributed by atoms with E-state index < -0.39 is 0 Å². The monoisotopic (exact) mass is 257 g/mol. The van der Waals surface area contributed by atoms with Gasteiger partial charge in [-0.05, 0) is 36.6 Å². The van der Waals surface area contributed by atoms with E-state index in [-0.39, 0.29) is 11.9 Å². The Hall–Kier alpha value is -0.800. The van der Waals surface area contributed by atoms with Gasteiger partial charge in [-0.1, -0.05) is 0 Å². The zero-order valence-corrected chi connectivity index (χ0v) is 10.7. The number of halogens is 2. The van der Waals surface area contributed by atoms with Gasteiger partial charge in [0.15, 0.2) is 0 Å². The summed E-state index contributed by atoms with van der Waals surface area (Å²) >= 11 is 5.87. The molecule has 0 saturated carbocycles. The van der Waals surface area contributed by atoms with Crippen molar-refractivity contribution in [1.82, 2.24) is 0 Å². The predicted molar refractivity (Wildman–Crippen MR) is 68.2 cm³/mol. The SMILES string of the molecule is COC1CCCN(c2ccc(F)cc2CCl)C1. The molecule has 0 spiro atoms. The number of alkyl halides is 1. The molecule has 1 atom stereocenters. The van der Waals surface area contributed by atoms with Gasteiger partial charge in [-0.25, -0.2) is 4.39 Å². The molecule has 0 N–H and O–H groups in total. The van der Waals surface area contributed by atoms with Gasteiger partial charge in [-0.3, -0.25) is 0 Å². The van der Waals surface area contributed by atoms with Crippen molar-refractivity contribution in [2.75, 3.05) is 25.1 Å². The van der Waals surface area contributed by atoms with Crippen LogP contribution in [0.5, 0.6) is 0 Å². The van der Waals surface area contributed by atoms with Crippen LogP contribution in [0.2, 0.25) is 0 Å². The largest absolute Gasteiger partial charge is 0.380 e. The van der Waals surface area contributed by atoms with Crippen LogP contribution in [0.3, 0.4) is 0 Å². The minimum atomic E-state index is -0.232. The van der Waals surface area contributed by atoms with Crippen LogP contribution in [0.15, 0.2) is 18.2 Å². The number of hydrogen-bond acceptors (Lipinski definition) is 2. The molecular weight excluding hydrogens is 241 g/mol. The molecule has 1 aliphatic heterocycles. The maximum absolute atomic E-state index is 13.1. The summed E-state index contributed by atoms with van der Waals surface area (Å²) in [6.45, 7) is 1.83. The summed E-state index contributed by atoms with van der Waals surface area (Å²) < 4.78 is 18.5. The van der Waals surface area contributed by atoms with E-state index in [1.165, 1.54) is 12.1 Å². The van der Waals surface area contributed by atoms with Gasteiger partial charge in [0, 0.05) is 31.8 Å². The van der Waals surface area contributed by atoms with Crippen molar-refractivity contribution in [2.45, 2.75) is 24.8 Å². The van der Waals surface area contributed by atoms with E-state index in [1.807, 2.05) is 6.07 Å². The Morgan fingerprint density at radius 3 is 3.06 bits per heavy atom.